The monoisotopic (exact) mass is 247 g/mol. The van der Waals surface area contributed by atoms with Gasteiger partial charge in [0.05, 0.1) is 12.1 Å². The molecule has 1 heterocycles. The highest BCUT2D eigenvalue weighted by Crippen LogP contribution is 2.14. The lowest BCUT2D eigenvalue weighted by Crippen LogP contribution is -2.00. The molecule has 0 spiro atoms. The van der Waals surface area contributed by atoms with E-state index >= 15 is 0 Å². The molecule has 3 nitrogen and oxygen atoms in total. The number of benzene rings is 1. The molecule has 0 aliphatic heterocycles. The first-order chi connectivity index (χ1) is 8.29. The molecule has 1 aromatic heterocycles. The van der Waals surface area contributed by atoms with Crippen molar-refractivity contribution in [2.45, 2.75) is 12.8 Å². The summed E-state index contributed by atoms with van der Waals surface area (Å²) < 4.78 is 5.05. The van der Waals surface area contributed by atoms with E-state index in [-0.39, 0.29) is 5.78 Å². The Morgan fingerprint density at radius 3 is 2.71 bits per heavy atom. The Bertz CT molecular complexity index is 477. The number of carbonyl (C=O) groups excluding carboxylic acids is 1. The fraction of sp³-hybridized carbons (Fsp3) is 0.231. The number of Topliss-reactive ketones (excluding diaryl/α,β-unsaturated/α-hetero) is 1. The predicted octanol–water partition coefficient (Wildman–Crippen LogP) is 2.97. The van der Waals surface area contributed by atoms with E-state index in [9.17, 15) is 4.79 Å². The average molecular weight is 247 g/mol. The van der Waals surface area contributed by atoms with Crippen LogP contribution in [0.25, 0.3) is 0 Å². The number of carbonyl (C=O) groups is 1. The summed E-state index contributed by atoms with van der Waals surface area (Å²) in [5, 5.41) is 2.93. The molecular formula is C13H13NO2S. The van der Waals surface area contributed by atoms with E-state index in [1.807, 2.05) is 5.38 Å². The molecule has 17 heavy (non-hydrogen) atoms. The first-order valence-corrected chi connectivity index (χ1v) is 6.23. The highest BCUT2D eigenvalue weighted by molar-refractivity contribution is 7.09. The minimum Gasteiger partial charge on any atom is -0.497 e. The van der Waals surface area contributed by atoms with Crippen molar-refractivity contribution >= 4 is 17.1 Å². The summed E-state index contributed by atoms with van der Waals surface area (Å²) in [6.07, 6.45) is 2.97. The fourth-order valence-electron chi connectivity index (χ4n) is 1.52. The van der Waals surface area contributed by atoms with Crippen LogP contribution in [0.3, 0.4) is 0 Å². The van der Waals surface area contributed by atoms with Crippen LogP contribution in [0.2, 0.25) is 0 Å². The number of methoxy groups -OCH3 is 1. The predicted molar refractivity (Wildman–Crippen MR) is 67.8 cm³/mol. The highest BCUT2D eigenvalue weighted by Gasteiger charge is 2.07. The largest absolute Gasteiger partial charge is 0.497 e. The maximum absolute atomic E-state index is 11.9. The normalized spacial score (nSPS) is 10.2. The number of ether oxygens (including phenoxy) is 1. The third-order valence-electron chi connectivity index (χ3n) is 2.46. The zero-order valence-electron chi connectivity index (χ0n) is 9.55. The molecule has 0 fully saturated rings. The van der Waals surface area contributed by atoms with Gasteiger partial charge in [-0.2, -0.15) is 0 Å². The molecule has 0 radical (unpaired) electrons. The van der Waals surface area contributed by atoms with Crippen molar-refractivity contribution in [3.63, 3.8) is 0 Å². The lowest BCUT2D eigenvalue weighted by atomic mass is 10.1. The Morgan fingerprint density at radius 1 is 1.35 bits per heavy atom. The van der Waals surface area contributed by atoms with E-state index in [4.69, 9.17) is 4.74 Å². The van der Waals surface area contributed by atoms with Crippen molar-refractivity contribution in [3.05, 3.63) is 46.4 Å². The van der Waals surface area contributed by atoms with Crippen LogP contribution in [0.1, 0.15) is 21.8 Å². The second-order valence-corrected chi connectivity index (χ2v) is 4.56. The van der Waals surface area contributed by atoms with Gasteiger partial charge >= 0.3 is 0 Å². The van der Waals surface area contributed by atoms with Crippen LogP contribution in [0.5, 0.6) is 5.75 Å². The summed E-state index contributed by atoms with van der Waals surface area (Å²) >= 11 is 1.58. The molecule has 0 aliphatic rings. The number of nitrogens with zero attached hydrogens (tertiary/aromatic N) is 1. The molecule has 88 valence electrons. The standard InChI is InChI=1S/C13H13NO2S/c1-16-11-4-2-10(3-5-11)12(15)6-7-13-14-8-9-17-13/h2-5,8-9H,6-7H2,1H3. The summed E-state index contributed by atoms with van der Waals surface area (Å²) in [5.74, 6) is 0.907. The molecule has 1 aromatic carbocycles. The van der Waals surface area contributed by atoms with Gasteiger partial charge in [0.25, 0.3) is 0 Å². The summed E-state index contributed by atoms with van der Waals surface area (Å²) in [4.78, 5) is 16.0. The van der Waals surface area contributed by atoms with Crippen LogP contribution >= 0.6 is 11.3 Å². The summed E-state index contributed by atoms with van der Waals surface area (Å²) in [6, 6.07) is 7.19. The molecule has 0 aliphatic carbocycles. The van der Waals surface area contributed by atoms with Crippen molar-refractivity contribution in [1.82, 2.24) is 4.98 Å². The van der Waals surface area contributed by atoms with Crippen molar-refractivity contribution in [2.24, 2.45) is 0 Å². The van der Waals surface area contributed by atoms with Gasteiger partial charge in [-0.3, -0.25) is 4.79 Å². The van der Waals surface area contributed by atoms with Crippen LogP contribution in [0.4, 0.5) is 0 Å². The van der Waals surface area contributed by atoms with E-state index in [0.29, 0.717) is 12.8 Å². The molecule has 0 bridgehead atoms. The Balaban J connectivity index is 1.95. The number of thiazole rings is 1. The van der Waals surface area contributed by atoms with Crippen LogP contribution in [-0.2, 0) is 6.42 Å². The average Bonchev–Trinajstić information content (AvgIpc) is 2.89. The number of hydrogen-bond acceptors (Lipinski definition) is 4. The Morgan fingerprint density at radius 2 is 2.12 bits per heavy atom. The second kappa shape index (κ2) is 5.59. The van der Waals surface area contributed by atoms with Crippen LogP contribution in [-0.4, -0.2) is 17.9 Å². The smallest absolute Gasteiger partial charge is 0.163 e. The molecule has 0 saturated heterocycles. The van der Waals surface area contributed by atoms with E-state index < -0.39 is 0 Å². The lowest BCUT2D eigenvalue weighted by molar-refractivity contribution is 0.0983. The topological polar surface area (TPSA) is 39.2 Å². The number of rotatable bonds is 5. The van der Waals surface area contributed by atoms with Gasteiger partial charge < -0.3 is 4.74 Å². The van der Waals surface area contributed by atoms with E-state index in [2.05, 4.69) is 4.98 Å². The molecule has 0 amide bonds. The third kappa shape index (κ3) is 3.14. The maximum Gasteiger partial charge on any atom is 0.163 e. The van der Waals surface area contributed by atoms with Crippen molar-refractivity contribution in [2.75, 3.05) is 7.11 Å². The molecule has 2 aromatic rings. The first kappa shape index (κ1) is 11.8. The molecule has 0 saturated carbocycles. The van der Waals surface area contributed by atoms with Gasteiger partial charge in [0.2, 0.25) is 0 Å². The third-order valence-corrected chi connectivity index (χ3v) is 3.30. The van der Waals surface area contributed by atoms with Crippen molar-refractivity contribution in [3.8, 4) is 5.75 Å². The summed E-state index contributed by atoms with van der Waals surface area (Å²) in [7, 11) is 1.61. The summed E-state index contributed by atoms with van der Waals surface area (Å²) in [6.45, 7) is 0. The lowest BCUT2D eigenvalue weighted by Gasteiger charge is -2.02. The Labute approximate surface area is 104 Å². The van der Waals surface area contributed by atoms with Crippen molar-refractivity contribution < 1.29 is 9.53 Å². The van der Waals surface area contributed by atoms with E-state index in [1.165, 1.54) is 0 Å². The number of ketones is 1. The molecular weight excluding hydrogens is 234 g/mol. The number of aryl methyl sites for hydroxylation is 1. The van der Waals surface area contributed by atoms with Crippen LogP contribution < -0.4 is 4.74 Å². The minimum atomic E-state index is 0.142. The second-order valence-electron chi connectivity index (χ2n) is 3.58. The first-order valence-electron chi connectivity index (χ1n) is 5.35. The van der Waals surface area contributed by atoms with Crippen LogP contribution in [0, 0.1) is 0 Å². The molecule has 0 unspecified atom stereocenters. The molecule has 4 heteroatoms. The zero-order valence-corrected chi connectivity index (χ0v) is 10.4. The van der Waals surface area contributed by atoms with Gasteiger partial charge in [-0.25, -0.2) is 4.98 Å². The van der Waals surface area contributed by atoms with Gasteiger partial charge in [0.15, 0.2) is 5.78 Å². The summed E-state index contributed by atoms with van der Waals surface area (Å²) in [5.41, 5.74) is 0.724. The minimum absolute atomic E-state index is 0.142. The molecule has 2 rings (SSSR count). The van der Waals surface area contributed by atoms with Gasteiger partial charge in [-0.1, -0.05) is 0 Å². The van der Waals surface area contributed by atoms with Crippen molar-refractivity contribution in [1.29, 1.82) is 0 Å². The zero-order chi connectivity index (χ0) is 12.1. The van der Waals surface area contributed by atoms with Gasteiger partial charge in [0.1, 0.15) is 5.75 Å². The van der Waals surface area contributed by atoms with E-state index in [0.717, 1.165) is 16.3 Å². The molecule has 0 atom stereocenters. The quantitative estimate of drug-likeness (QED) is 0.762. The van der Waals surface area contributed by atoms with Gasteiger partial charge in [-0.15, -0.1) is 11.3 Å². The molecule has 0 N–H and O–H groups in total. The maximum atomic E-state index is 11.9. The SMILES string of the molecule is COc1ccc(C(=O)CCc2nccs2)cc1. The number of aromatic nitrogens is 1. The van der Waals surface area contributed by atoms with Gasteiger partial charge in [-0.05, 0) is 24.3 Å². The Hall–Kier alpha value is -1.68. The highest BCUT2D eigenvalue weighted by atomic mass is 32.1. The van der Waals surface area contributed by atoms with E-state index in [1.54, 1.807) is 48.9 Å². The fourth-order valence-corrected chi connectivity index (χ4v) is 2.14. The number of hydrogen-bond donors (Lipinski definition) is 0. The van der Waals surface area contributed by atoms with Gasteiger partial charge in [0, 0.05) is 30.0 Å². The van der Waals surface area contributed by atoms with Crippen LogP contribution in [0.15, 0.2) is 35.8 Å². The Kier molecular flexibility index (Phi) is 3.88.